The molecule has 0 saturated carbocycles. The molecule has 0 unspecified atom stereocenters. The smallest absolute Gasteiger partial charge is 0.119 e. The second-order valence-corrected chi connectivity index (χ2v) is 5.88. The monoisotopic (exact) mass is 311 g/mol. The first-order valence-electron chi connectivity index (χ1n) is 8.84. The Morgan fingerprint density at radius 1 is 0.826 bits per heavy atom. The van der Waals surface area contributed by atoms with Gasteiger partial charge in [-0.2, -0.15) is 0 Å². The minimum absolute atomic E-state index is 0.769. The van der Waals surface area contributed by atoms with Gasteiger partial charge >= 0.3 is 0 Å². The van der Waals surface area contributed by atoms with Crippen molar-refractivity contribution in [2.75, 3.05) is 13.2 Å². The highest BCUT2D eigenvalue weighted by molar-refractivity contribution is 5.71. The van der Waals surface area contributed by atoms with Crippen LogP contribution in [0.25, 0.3) is 11.1 Å². The zero-order chi connectivity index (χ0) is 16.5. The van der Waals surface area contributed by atoms with Crippen molar-refractivity contribution in [2.24, 2.45) is 5.73 Å². The number of hydrogen-bond acceptors (Lipinski definition) is 2. The summed E-state index contributed by atoms with van der Waals surface area (Å²) in [6, 6.07) is 15.2. The summed E-state index contributed by atoms with van der Waals surface area (Å²) in [6.45, 7) is 5.96. The van der Waals surface area contributed by atoms with E-state index in [1.807, 2.05) is 0 Å². The predicted molar refractivity (Wildman–Crippen MR) is 99.0 cm³/mol. The van der Waals surface area contributed by atoms with E-state index in [-0.39, 0.29) is 0 Å². The molecule has 2 nitrogen and oxygen atoms in total. The number of benzene rings is 2. The van der Waals surface area contributed by atoms with Gasteiger partial charge in [-0.15, -0.1) is 0 Å². The zero-order valence-electron chi connectivity index (χ0n) is 14.5. The van der Waals surface area contributed by atoms with E-state index in [0.717, 1.165) is 51.0 Å². The van der Waals surface area contributed by atoms with Crippen LogP contribution in [0.1, 0.15) is 44.2 Å². The molecule has 2 N–H and O–H groups in total. The number of hydrogen-bond donors (Lipinski definition) is 1. The van der Waals surface area contributed by atoms with E-state index in [1.54, 1.807) is 0 Å². The van der Waals surface area contributed by atoms with E-state index in [0.29, 0.717) is 0 Å². The third-order valence-corrected chi connectivity index (χ3v) is 4.26. The Morgan fingerprint density at radius 3 is 2.30 bits per heavy atom. The number of unbranched alkanes of at least 4 members (excludes halogenated alkanes) is 2. The fourth-order valence-corrected chi connectivity index (χ4v) is 2.92. The molecule has 0 radical (unpaired) electrons. The quantitative estimate of drug-likeness (QED) is 0.662. The molecule has 2 rings (SSSR count). The molecule has 2 heteroatoms. The first-order valence-corrected chi connectivity index (χ1v) is 8.84. The highest BCUT2D eigenvalue weighted by Crippen LogP contribution is 2.30. The van der Waals surface area contributed by atoms with Crippen molar-refractivity contribution in [1.82, 2.24) is 0 Å². The van der Waals surface area contributed by atoms with Crippen LogP contribution in [0.4, 0.5) is 0 Å². The van der Waals surface area contributed by atoms with E-state index in [2.05, 4.69) is 56.3 Å². The lowest BCUT2D eigenvalue weighted by molar-refractivity contribution is 0.305. The van der Waals surface area contributed by atoms with Gasteiger partial charge in [-0.05, 0) is 73.0 Å². The lowest BCUT2D eigenvalue weighted by Crippen LogP contribution is -2.02. The van der Waals surface area contributed by atoms with Crippen LogP contribution in [0.15, 0.2) is 42.5 Å². The molecule has 0 atom stereocenters. The zero-order valence-corrected chi connectivity index (χ0v) is 14.5. The predicted octanol–water partition coefficient (Wildman–Crippen LogP) is 4.99. The van der Waals surface area contributed by atoms with Crippen molar-refractivity contribution < 1.29 is 4.74 Å². The van der Waals surface area contributed by atoms with Crippen molar-refractivity contribution in [3.05, 3.63) is 53.6 Å². The maximum absolute atomic E-state index is 5.90. The van der Waals surface area contributed by atoms with E-state index in [9.17, 15) is 0 Å². The van der Waals surface area contributed by atoms with Crippen LogP contribution in [-0.4, -0.2) is 13.2 Å². The standard InChI is InChI=1S/C21H29NO/c1-3-17-10-6-7-11-20(17)21-13-12-19(16-18(21)4-2)23-15-9-5-8-14-22/h6-7,10-13,16H,3-5,8-9,14-15,22H2,1-2H3. The molecule has 0 aliphatic carbocycles. The van der Waals surface area contributed by atoms with Crippen molar-refractivity contribution in [3.63, 3.8) is 0 Å². The second kappa shape index (κ2) is 9.36. The van der Waals surface area contributed by atoms with Gasteiger partial charge in [0.2, 0.25) is 0 Å². The molecule has 0 heterocycles. The van der Waals surface area contributed by atoms with E-state index >= 15 is 0 Å². The van der Waals surface area contributed by atoms with Crippen molar-refractivity contribution in [1.29, 1.82) is 0 Å². The van der Waals surface area contributed by atoms with Gasteiger partial charge in [0.25, 0.3) is 0 Å². The summed E-state index contributed by atoms with van der Waals surface area (Å²) < 4.78 is 5.90. The molecule has 0 spiro atoms. The average molecular weight is 311 g/mol. The lowest BCUT2D eigenvalue weighted by Gasteiger charge is -2.14. The molecule has 124 valence electrons. The number of rotatable bonds is 9. The van der Waals surface area contributed by atoms with Gasteiger partial charge in [0.15, 0.2) is 0 Å². The minimum atomic E-state index is 0.769. The number of nitrogens with two attached hydrogens (primary N) is 1. The Bertz CT molecular complexity index is 607. The Hall–Kier alpha value is -1.80. The van der Waals surface area contributed by atoms with Crippen LogP contribution in [0.5, 0.6) is 5.75 Å². The molecule has 0 aliphatic rings. The molecule has 0 aromatic heterocycles. The Morgan fingerprint density at radius 2 is 1.57 bits per heavy atom. The molecule has 0 amide bonds. The Kier molecular flexibility index (Phi) is 7.15. The Labute approximate surface area is 140 Å². The van der Waals surface area contributed by atoms with Crippen LogP contribution in [0.3, 0.4) is 0 Å². The molecular formula is C21H29NO. The highest BCUT2D eigenvalue weighted by atomic mass is 16.5. The van der Waals surface area contributed by atoms with E-state index < -0.39 is 0 Å². The van der Waals surface area contributed by atoms with Crippen molar-refractivity contribution in [2.45, 2.75) is 46.0 Å². The molecule has 0 aliphatic heterocycles. The summed E-state index contributed by atoms with van der Waals surface area (Å²) in [4.78, 5) is 0. The minimum Gasteiger partial charge on any atom is -0.494 e. The van der Waals surface area contributed by atoms with Crippen LogP contribution in [0, 0.1) is 0 Å². The third-order valence-electron chi connectivity index (χ3n) is 4.26. The second-order valence-electron chi connectivity index (χ2n) is 5.88. The fraction of sp³-hybridized carbons (Fsp3) is 0.429. The summed E-state index contributed by atoms with van der Waals surface area (Å²) in [5.41, 5.74) is 10.9. The highest BCUT2D eigenvalue weighted by Gasteiger charge is 2.09. The average Bonchev–Trinajstić information content (AvgIpc) is 2.61. The van der Waals surface area contributed by atoms with Gasteiger partial charge in [-0.3, -0.25) is 0 Å². The summed E-state index contributed by atoms with van der Waals surface area (Å²) in [7, 11) is 0. The van der Waals surface area contributed by atoms with Gasteiger partial charge in [-0.1, -0.05) is 44.2 Å². The summed E-state index contributed by atoms with van der Waals surface area (Å²) in [5.74, 6) is 0.979. The van der Waals surface area contributed by atoms with E-state index in [4.69, 9.17) is 10.5 Å². The van der Waals surface area contributed by atoms with Gasteiger partial charge < -0.3 is 10.5 Å². The van der Waals surface area contributed by atoms with Gasteiger partial charge in [0.05, 0.1) is 6.61 Å². The fourth-order valence-electron chi connectivity index (χ4n) is 2.92. The van der Waals surface area contributed by atoms with Crippen molar-refractivity contribution in [3.8, 4) is 16.9 Å². The maximum Gasteiger partial charge on any atom is 0.119 e. The van der Waals surface area contributed by atoms with E-state index in [1.165, 1.54) is 22.3 Å². The van der Waals surface area contributed by atoms with Gasteiger partial charge in [0.1, 0.15) is 5.75 Å². The van der Waals surface area contributed by atoms with Crippen LogP contribution in [0.2, 0.25) is 0 Å². The normalized spacial score (nSPS) is 10.7. The van der Waals surface area contributed by atoms with Crippen molar-refractivity contribution >= 4 is 0 Å². The van der Waals surface area contributed by atoms with Crippen LogP contribution >= 0.6 is 0 Å². The van der Waals surface area contributed by atoms with Crippen LogP contribution < -0.4 is 10.5 Å². The lowest BCUT2D eigenvalue weighted by atomic mass is 9.93. The summed E-state index contributed by atoms with van der Waals surface area (Å²) in [6.07, 6.45) is 5.35. The molecule has 0 bridgehead atoms. The topological polar surface area (TPSA) is 35.2 Å². The summed E-state index contributed by atoms with van der Waals surface area (Å²) in [5, 5.41) is 0. The molecule has 0 fully saturated rings. The SMILES string of the molecule is CCc1ccccc1-c1ccc(OCCCCCN)cc1CC. The largest absolute Gasteiger partial charge is 0.494 e. The molecule has 2 aromatic rings. The van der Waals surface area contributed by atoms with Crippen LogP contribution in [-0.2, 0) is 12.8 Å². The summed E-state index contributed by atoms with van der Waals surface area (Å²) >= 11 is 0. The van der Waals surface area contributed by atoms with Gasteiger partial charge in [-0.25, -0.2) is 0 Å². The first kappa shape index (κ1) is 17.6. The molecule has 23 heavy (non-hydrogen) atoms. The third kappa shape index (κ3) is 4.84. The molecular weight excluding hydrogens is 282 g/mol. The first-order chi connectivity index (χ1) is 11.3. The maximum atomic E-state index is 5.90. The molecule has 0 saturated heterocycles. The van der Waals surface area contributed by atoms with Gasteiger partial charge in [0, 0.05) is 0 Å². The number of ether oxygens (including phenoxy) is 1. The Balaban J connectivity index is 2.13. The number of aryl methyl sites for hydroxylation is 2. The molecule has 2 aromatic carbocycles.